The Labute approximate surface area is 134 Å². The Morgan fingerprint density at radius 2 is 2.17 bits per heavy atom. The van der Waals surface area contributed by atoms with Crippen LogP contribution in [0.25, 0.3) is 0 Å². The Kier molecular flexibility index (Phi) is 6.03. The summed E-state index contributed by atoms with van der Waals surface area (Å²) in [4.78, 5) is 20.3. The van der Waals surface area contributed by atoms with Gasteiger partial charge >= 0.3 is 0 Å². The number of hydrogen-bond donors (Lipinski definition) is 2. The highest BCUT2D eigenvalue weighted by Gasteiger charge is 2.09. The molecule has 0 aliphatic carbocycles. The molecule has 0 fully saturated rings. The molecule has 0 spiro atoms. The van der Waals surface area contributed by atoms with E-state index in [9.17, 15) is 4.79 Å². The molecule has 7 nitrogen and oxygen atoms in total. The van der Waals surface area contributed by atoms with Crippen LogP contribution in [0, 0.1) is 11.3 Å². The van der Waals surface area contributed by atoms with Gasteiger partial charge < -0.3 is 15.4 Å². The van der Waals surface area contributed by atoms with Crippen molar-refractivity contribution in [2.45, 2.75) is 6.42 Å². The molecule has 2 aromatic rings. The zero-order chi connectivity index (χ0) is 16.5. The smallest absolute Gasteiger partial charge is 0.270 e. The topological polar surface area (TPSA) is 99.9 Å². The van der Waals surface area contributed by atoms with E-state index >= 15 is 0 Å². The fraction of sp³-hybridized carbons (Fsp3) is 0.250. The first-order valence-corrected chi connectivity index (χ1v) is 7.11. The van der Waals surface area contributed by atoms with Crippen LogP contribution >= 0.6 is 0 Å². The van der Waals surface area contributed by atoms with Gasteiger partial charge in [-0.1, -0.05) is 12.1 Å². The number of carbonyl (C=O) groups is 1. The van der Waals surface area contributed by atoms with Crippen LogP contribution in [-0.2, 0) is 4.74 Å². The molecule has 1 amide bonds. The number of amides is 1. The number of anilines is 2. The summed E-state index contributed by atoms with van der Waals surface area (Å²) in [5, 5.41) is 14.8. The van der Waals surface area contributed by atoms with Crippen molar-refractivity contribution in [3.8, 4) is 6.07 Å². The third kappa shape index (κ3) is 4.76. The molecule has 2 rings (SSSR count). The van der Waals surface area contributed by atoms with E-state index in [0.29, 0.717) is 24.4 Å². The third-order valence-electron chi connectivity index (χ3n) is 2.99. The Bertz CT molecular complexity index is 712. The molecule has 0 saturated carbocycles. The molecule has 1 aromatic carbocycles. The second-order valence-corrected chi connectivity index (χ2v) is 4.65. The second-order valence-electron chi connectivity index (χ2n) is 4.65. The number of rotatable bonds is 7. The normalized spacial score (nSPS) is 9.91. The molecule has 0 radical (unpaired) electrons. The quantitative estimate of drug-likeness (QED) is 0.757. The van der Waals surface area contributed by atoms with Gasteiger partial charge in [-0.2, -0.15) is 5.26 Å². The number of aromatic nitrogens is 2. The minimum atomic E-state index is -0.278. The second kappa shape index (κ2) is 8.46. The highest BCUT2D eigenvalue weighted by atomic mass is 16.5. The van der Waals surface area contributed by atoms with Gasteiger partial charge in [0.15, 0.2) is 0 Å². The van der Waals surface area contributed by atoms with E-state index in [2.05, 4.69) is 26.7 Å². The molecule has 0 aliphatic rings. The number of para-hydroxylation sites is 1. The SMILES string of the molecule is COCCCNC(=O)c1ccnc(Nc2ccccc2C#N)n1. The molecule has 23 heavy (non-hydrogen) atoms. The summed E-state index contributed by atoms with van der Waals surface area (Å²) < 4.78 is 4.92. The third-order valence-corrected chi connectivity index (χ3v) is 2.99. The van der Waals surface area contributed by atoms with E-state index in [-0.39, 0.29) is 17.5 Å². The summed E-state index contributed by atoms with van der Waals surface area (Å²) in [5.74, 6) is -0.0163. The molecule has 0 bridgehead atoms. The maximum atomic E-state index is 12.0. The molecule has 0 atom stereocenters. The standard InChI is InChI=1S/C16H17N5O2/c1-23-10-4-8-18-15(22)14-7-9-19-16(21-14)20-13-6-3-2-5-12(13)11-17/h2-3,5-7,9H,4,8,10H2,1H3,(H,18,22)(H,19,20,21). The number of nitriles is 1. The lowest BCUT2D eigenvalue weighted by atomic mass is 10.2. The van der Waals surface area contributed by atoms with E-state index in [1.807, 2.05) is 0 Å². The first kappa shape index (κ1) is 16.4. The highest BCUT2D eigenvalue weighted by Crippen LogP contribution is 2.17. The van der Waals surface area contributed by atoms with Crippen LogP contribution < -0.4 is 10.6 Å². The molecular weight excluding hydrogens is 294 g/mol. The van der Waals surface area contributed by atoms with Crippen LogP contribution in [0.2, 0.25) is 0 Å². The van der Waals surface area contributed by atoms with Crippen molar-refractivity contribution in [1.29, 1.82) is 5.26 Å². The van der Waals surface area contributed by atoms with Crippen LogP contribution in [0.1, 0.15) is 22.5 Å². The van der Waals surface area contributed by atoms with E-state index in [1.165, 1.54) is 12.3 Å². The molecular formula is C16H17N5O2. The Balaban J connectivity index is 2.05. The van der Waals surface area contributed by atoms with Gasteiger partial charge in [0.2, 0.25) is 5.95 Å². The van der Waals surface area contributed by atoms with Crippen LogP contribution in [0.4, 0.5) is 11.6 Å². The van der Waals surface area contributed by atoms with Gasteiger partial charge in [-0.3, -0.25) is 4.79 Å². The van der Waals surface area contributed by atoms with Crippen LogP contribution in [-0.4, -0.2) is 36.1 Å². The van der Waals surface area contributed by atoms with E-state index in [1.54, 1.807) is 31.4 Å². The summed E-state index contributed by atoms with van der Waals surface area (Å²) in [5.41, 5.74) is 1.33. The molecule has 2 N–H and O–H groups in total. The van der Waals surface area contributed by atoms with E-state index < -0.39 is 0 Å². The lowest BCUT2D eigenvalue weighted by molar-refractivity contribution is 0.0943. The van der Waals surface area contributed by atoms with Crippen molar-refractivity contribution in [3.63, 3.8) is 0 Å². The predicted molar refractivity (Wildman–Crippen MR) is 85.3 cm³/mol. The average molecular weight is 311 g/mol. The minimum Gasteiger partial charge on any atom is -0.385 e. The van der Waals surface area contributed by atoms with Gasteiger partial charge in [0, 0.05) is 26.5 Å². The molecule has 1 aromatic heterocycles. The van der Waals surface area contributed by atoms with Gasteiger partial charge in [0.05, 0.1) is 11.3 Å². The molecule has 118 valence electrons. The molecule has 0 unspecified atom stereocenters. The number of carbonyl (C=O) groups excluding carboxylic acids is 1. The first-order chi connectivity index (χ1) is 11.2. The predicted octanol–water partition coefficient (Wildman–Crippen LogP) is 1.86. The zero-order valence-corrected chi connectivity index (χ0v) is 12.7. The number of methoxy groups -OCH3 is 1. The Hall–Kier alpha value is -2.98. The van der Waals surface area contributed by atoms with Crippen molar-refractivity contribution in [1.82, 2.24) is 15.3 Å². The maximum absolute atomic E-state index is 12.0. The number of nitrogens with one attached hydrogen (secondary N) is 2. The van der Waals surface area contributed by atoms with Gasteiger partial charge in [0.1, 0.15) is 11.8 Å². The number of hydrogen-bond acceptors (Lipinski definition) is 6. The van der Waals surface area contributed by atoms with Crippen molar-refractivity contribution in [2.75, 3.05) is 25.6 Å². The average Bonchev–Trinajstić information content (AvgIpc) is 2.59. The number of benzene rings is 1. The fourth-order valence-electron chi connectivity index (χ4n) is 1.86. The van der Waals surface area contributed by atoms with E-state index in [4.69, 9.17) is 10.00 Å². The molecule has 1 heterocycles. The van der Waals surface area contributed by atoms with Crippen LogP contribution in [0.5, 0.6) is 0 Å². The minimum absolute atomic E-state index is 0.259. The van der Waals surface area contributed by atoms with Crippen LogP contribution in [0.3, 0.4) is 0 Å². The van der Waals surface area contributed by atoms with Gasteiger partial charge in [-0.15, -0.1) is 0 Å². The fourth-order valence-corrected chi connectivity index (χ4v) is 1.86. The van der Waals surface area contributed by atoms with Crippen molar-refractivity contribution < 1.29 is 9.53 Å². The highest BCUT2D eigenvalue weighted by molar-refractivity contribution is 5.92. The summed E-state index contributed by atoms with van der Waals surface area (Å²) >= 11 is 0. The van der Waals surface area contributed by atoms with Gasteiger partial charge in [0.25, 0.3) is 5.91 Å². The Morgan fingerprint density at radius 1 is 1.35 bits per heavy atom. The summed E-state index contributed by atoms with van der Waals surface area (Å²) in [7, 11) is 1.61. The van der Waals surface area contributed by atoms with Crippen molar-refractivity contribution >= 4 is 17.5 Å². The van der Waals surface area contributed by atoms with Gasteiger partial charge in [-0.25, -0.2) is 9.97 Å². The summed E-state index contributed by atoms with van der Waals surface area (Å²) in [6.07, 6.45) is 2.22. The summed E-state index contributed by atoms with van der Waals surface area (Å²) in [6.45, 7) is 1.10. The lowest BCUT2D eigenvalue weighted by Crippen LogP contribution is -2.26. The van der Waals surface area contributed by atoms with E-state index in [0.717, 1.165) is 6.42 Å². The Morgan fingerprint density at radius 3 is 2.96 bits per heavy atom. The molecule has 0 aliphatic heterocycles. The van der Waals surface area contributed by atoms with Gasteiger partial charge in [-0.05, 0) is 24.6 Å². The lowest BCUT2D eigenvalue weighted by Gasteiger charge is -2.08. The number of ether oxygens (including phenoxy) is 1. The molecule has 0 saturated heterocycles. The summed E-state index contributed by atoms with van der Waals surface area (Å²) in [6, 6.07) is 10.6. The first-order valence-electron chi connectivity index (χ1n) is 7.11. The van der Waals surface area contributed by atoms with Crippen molar-refractivity contribution in [3.05, 3.63) is 47.8 Å². The largest absolute Gasteiger partial charge is 0.385 e. The zero-order valence-electron chi connectivity index (χ0n) is 12.7. The maximum Gasteiger partial charge on any atom is 0.270 e. The van der Waals surface area contributed by atoms with Crippen LogP contribution in [0.15, 0.2) is 36.5 Å². The molecule has 7 heteroatoms. The monoisotopic (exact) mass is 311 g/mol. The van der Waals surface area contributed by atoms with Crippen molar-refractivity contribution in [2.24, 2.45) is 0 Å². The number of nitrogens with zero attached hydrogens (tertiary/aromatic N) is 3.